The van der Waals surface area contributed by atoms with Gasteiger partial charge in [-0.3, -0.25) is 0 Å². The average molecular weight is 865 g/mol. The Morgan fingerprint density at radius 3 is 1.66 bits per heavy atom. The molecule has 0 fully saturated rings. The maximum atomic E-state index is 11.8. The minimum Gasteiger partial charge on any atom is -0.493 e. The first kappa shape index (κ1) is 50.8. The van der Waals surface area contributed by atoms with Crippen LogP contribution in [0.1, 0.15) is 94.1 Å². The number of rotatable bonds is 22. The molecule has 3 rings (SSSR count). The molecule has 0 aromatic heterocycles. The van der Waals surface area contributed by atoms with Crippen molar-refractivity contribution in [2.45, 2.75) is 155 Å². The van der Waals surface area contributed by atoms with E-state index in [0.29, 0.717) is 50.6 Å². The molecule has 330 valence electrons. The third-order valence-corrected chi connectivity index (χ3v) is 26.9. The Morgan fingerprint density at radius 2 is 1.17 bits per heavy atom. The largest absolute Gasteiger partial charge is 0.493 e. The predicted octanol–water partition coefficient (Wildman–Crippen LogP) is 11.3. The molecule has 7 nitrogen and oxygen atoms in total. The lowest BCUT2D eigenvalue weighted by Crippen LogP contribution is -2.66. The highest BCUT2D eigenvalue weighted by molar-refractivity contribution is 6.99. The van der Waals surface area contributed by atoms with Crippen LogP contribution in [0, 0.1) is 5.92 Å². The molecule has 1 N–H and O–H groups in total. The molecule has 0 heterocycles. The van der Waals surface area contributed by atoms with Gasteiger partial charge in [-0.15, -0.1) is 0 Å². The molecular weight excluding hydrogens is 785 g/mol. The molecule has 0 radical (unpaired) electrons. The van der Waals surface area contributed by atoms with Crippen LogP contribution in [0.15, 0.2) is 91.0 Å². The van der Waals surface area contributed by atoms with E-state index in [1.54, 1.807) is 14.2 Å². The highest BCUT2D eigenvalue weighted by atomic mass is 28.4. The zero-order chi connectivity index (χ0) is 44.3. The molecule has 59 heavy (non-hydrogen) atoms. The van der Waals surface area contributed by atoms with Crippen LogP contribution in [-0.2, 0) is 24.6 Å². The van der Waals surface area contributed by atoms with Crippen molar-refractivity contribution in [1.29, 1.82) is 0 Å². The van der Waals surface area contributed by atoms with Gasteiger partial charge in [0, 0.05) is 19.1 Å². The summed E-state index contributed by atoms with van der Waals surface area (Å²) in [6, 6.07) is 27.5. The van der Waals surface area contributed by atoms with Crippen molar-refractivity contribution in [2.75, 3.05) is 27.4 Å². The highest BCUT2D eigenvalue weighted by Gasteiger charge is 2.50. The molecule has 3 aromatic rings. The molecule has 0 spiro atoms. The van der Waals surface area contributed by atoms with Gasteiger partial charge >= 0.3 is 0 Å². The molecule has 0 bridgehead atoms. The van der Waals surface area contributed by atoms with Gasteiger partial charge in [-0.25, -0.2) is 0 Å². The van der Waals surface area contributed by atoms with Crippen LogP contribution in [0.5, 0.6) is 11.5 Å². The quantitative estimate of drug-likeness (QED) is 0.0612. The Kier molecular flexibility index (Phi) is 18.5. The first-order valence-electron chi connectivity index (χ1n) is 21.6. The minimum atomic E-state index is -2.70. The van der Waals surface area contributed by atoms with E-state index in [2.05, 4.69) is 168 Å². The zero-order valence-corrected chi connectivity index (χ0v) is 42.6. The second-order valence-corrected chi connectivity index (χ2v) is 34.1. The number of benzene rings is 3. The molecule has 0 amide bonds. The molecule has 10 heteroatoms. The van der Waals surface area contributed by atoms with Gasteiger partial charge in [0.05, 0.1) is 39.1 Å². The molecule has 4 atom stereocenters. The average Bonchev–Trinajstić information content (AvgIpc) is 3.16. The van der Waals surface area contributed by atoms with E-state index in [-0.39, 0.29) is 33.2 Å². The second kappa shape index (κ2) is 21.5. The van der Waals surface area contributed by atoms with Crippen LogP contribution in [0.4, 0.5) is 0 Å². The van der Waals surface area contributed by atoms with Gasteiger partial charge in [0.2, 0.25) is 0 Å². The Morgan fingerprint density at radius 1 is 0.644 bits per heavy atom. The highest BCUT2D eigenvalue weighted by Crippen LogP contribution is 2.41. The maximum absolute atomic E-state index is 11.8. The molecule has 0 aliphatic heterocycles. The zero-order valence-electron chi connectivity index (χ0n) is 39.6. The lowest BCUT2D eigenvalue weighted by Gasteiger charge is -2.43. The van der Waals surface area contributed by atoms with Gasteiger partial charge < -0.3 is 32.6 Å². The standard InChI is InChI=1S/C49H80O7Si3/c1-38(44(56-58(15,16)48(5,6)7)33-34-53-37-39-30-31-45(51-11)46(36-39)52-12)43(50)29-23-24-40(55-57(13,14)47(2,3)4)32-35-54-59(49(8,9)10,41-25-19-17-20-26-41)42-27-21-18-22-28-42/h17-28,30-31,36,38,40,43-44,50H,29,32-35,37H2,1-16H3/b24-23-/t38-,40-,43+,44-/m0/s1. The molecule has 0 unspecified atom stereocenters. The Balaban J connectivity index is 1.82. The summed E-state index contributed by atoms with van der Waals surface area (Å²) in [5.41, 5.74) is 1.01. The van der Waals surface area contributed by atoms with Crippen LogP contribution in [-0.4, -0.2) is 75.8 Å². The fourth-order valence-corrected chi connectivity index (χ4v) is 14.3. The minimum absolute atomic E-state index is 0.0289. The van der Waals surface area contributed by atoms with E-state index >= 15 is 0 Å². The van der Waals surface area contributed by atoms with Crippen LogP contribution in [0.2, 0.25) is 41.3 Å². The third kappa shape index (κ3) is 13.7. The summed E-state index contributed by atoms with van der Waals surface area (Å²) in [5, 5.41) is 14.3. The third-order valence-electron chi connectivity index (χ3n) is 12.8. The summed E-state index contributed by atoms with van der Waals surface area (Å²) in [6.07, 6.45) is 5.28. The smallest absolute Gasteiger partial charge is 0.261 e. The molecule has 3 aromatic carbocycles. The summed E-state index contributed by atoms with van der Waals surface area (Å²) < 4.78 is 38.5. The van der Waals surface area contributed by atoms with Crippen molar-refractivity contribution in [2.24, 2.45) is 5.92 Å². The molecule has 0 aliphatic rings. The van der Waals surface area contributed by atoms with Crippen LogP contribution in [0.3, 0.4) is 0 Å². The number of aliphatic hydroxyl groups is 1. The number of aliphatic hydroxyl groups excluding tert-OH is 1. The number of hydrogen-bond donors (Lipinski definition) is 1. The normalized spacial score (nSPS) is 15.5. The summed E-state index contributed by atoms with van der Waals surface area (Å²) in [4.78, 5) is 0. The van der Waals surface area contributed by atoms with E-state index in [1.807, 2.05) is 18.2 Å². The summed E-state index contributed by atoms with van der Waals surface area (Å²) >= 11 is 0. The van der Waals surface area contributed by atoms with Crippen molar-refractivity contribution < 1.29 is 32.6 Å². The monoisotopic (exact) mass is 865 g/mol. The van der Waals surface area contributed by atoms with Crippen LogP contribution >= 0.6 is 0 Å². The lowest BCUT2D eigenvalue weighted by molar-refractivity contribution is 0.00588. The Bertz CT molecular complexity index is 1670. The fourth-order valence-electron chi connectivity index (χ4n) is 7.02. The van der Waals surface area contributed by atoms with E-state index < -0.39 is 31.1 Å². The molecule has 0 aliphatic carbocycles. The van der Waals surface area contributed by atoms with Crippen molar-refractivity contribution in [3.8, 4) is 11.5 Å². The van der Waals surface area contributed by atoms with E-state index in [0.717, 1.165) is 5.56 Å². The van der Waals surface area contributed by atoms with Gasteiger partial charge in [0.15, 0.2) is 28.1 Å². The van der Waals surface area contributed by atoms with Crippen LogP contribution < -0.4 is 19.8 Å². The predicted molar refractivity (Wildman–Crippen MR) is 255 cm³/mol. The second-order valence-electron chi connectivity index (χ2n) is 20.3. The lowest BCUT2D eigenvalue weighted by atomic mass is 9.93. The van der Waals surface area contributed by atoms with Gasteiger partial charge in [0.1, 0.15) is 0 Å². The summed E-state index contributed by atoms with van der Waals surface area (Å²) in [7, 11) is -3.72. The number of methoxy groups -OCH3 is 2. The van der Waals surface area contributed by atoms with Gasteiger partial charge in [0.25, 0.3) is 8.32 Å². The first-order valence-corrected chi connectivity index (χ1v) is 29.4. The van der Waals surface area contributed by atoms with Gasteiger partial charge in [-0.2, -0.15) is 0 Å². The van der Waals surface area contributed by atoms with E-state index in [1.165, 1.54) is 10.4 Å². The van der Waals surface area contributed by atoms with Crippen molar-refractivity contribution in [3.05, 3.63) is 96.6 Å². The van der Waals surface area contributed by atoms with Crippen LogP contribution in [0.25, 0.3) is 0 Å². The maximum Gasteiger partial charge on any atom is 0.261 e. The SMILES string of the molecule is COc1ccc(COCC[C@H](O[Si](C)(C)C(C)(C)C)[C@@H](C)[C@H](O)C/C=C\[C@@H](CCO[Si](c2ccccc2)(c2ccccc2)C(C)(C)C)O[Si](C)(C)C(C)(C)C)cc1OC. The molecular formula is C49H80O7Si3. The number of ether oxygens (including phenoxy) is 3. The Labute approximate surface area is 362 Å². The number of hydrogen-bond acceptors (Lipinski definition) is 7. The van der Waals surface area contributed by atoms with Crippen molar-refractivity contribution in [3.63, 3.8) is 0 Å². The Hall–Kier alpha value is -2.55. The summed E-state index contributed by atoms with van der Waals surface area (Å²) in [5.74, 6) is 1.26. The molecule has 0 saturated heterocycles. The fraction of sp³-hybridized carbons (Fsp3) is 0.592. The first-order chi connectivity index (χ1) is 27.4. The van der Waals surface area contributed by atoms with Crippen molar-refractivity contribution in [1.82, 2.24) is 0 Å². The topological polar surface area (TPSA) is 75.6 Å². The van der Waals surface area contributed by atoms with Crippen molar-refractivity contribution >= 4 is 35.3 Å². The van der Waals surface area contributed by atoms with E-state index in [4.69, 9.17) is 27.5 Å². The van der Waals surface area contributed by atoms with E-state index in [9.17, 15) is 5.11 Å². The molecule has 0 saturated carbocycles. The summed E-state index contributed by atoms with van der Waals surface area (Å²) in [6.45, 7) is 33.4. The van der Waals surface area contributed by atoms with Gasteiger partial charge in [-0.05, 0) is 88.6 Å². The van der Waals surface area contributed by atoms with Gasteiger partial charge in [-0.1, -0.05) is 148 Å².